The van der Waals surface area contributed by atoms with Gasteiger partial charge in [-0.15, -0.1) is 0 Å². The molecule has 2 aromatic carbocycles. The summed E-state index contributed by atoms with van der Waals surface area (Å²) in [5.74, 6) is -0.253. The number of nitro benzene ring substituents is 1. The normalized spacial score (nSPS) is 12.5. The molecule has 2 aromatic rings. The van der Waals surface area contributed by atoms with E-state index in [9.17, 15) is 14.9 Å². The van der Waals surface area contributed by atoms with Crippen molar-refractivity contribution >= 4 is 11.6 Å². The molecule has 0 aliphatic heterocycles. The van der Waals surface area contributed by atoms with Gasteiger partial charge in [-0.05, 0) is 35.6 Å². The Labute approximate surface area is 141 Å². The van der Waals surface area contributed by atoms with E-state index in [-0.39, 0.29) is 23.1 Å². The maximum atomic E-state index is 12.3. The summed E-state index contributed by atoms with van der Waals surface area (Å²) < 4.78 is 0. The van der Waals surface area contributed by atoms with Crippen LogP contribution in [-0.2, 0) is 5.41 Å². The minimum atomic E-state index is -0.485. The Morgan fingerprint density at radius 3 is 2.04 bits per heavy atom. The minimum Gasteiger partial charge on any atom is -0.346 e. The highest BCUT2D eigenvalue weighted by Gasteiger charge is 2.16. The lowest BCUT2D eigenvalue weighted by molar-refractivity contribution is -0.384. The van der Waals surface area contributed by atoms with Crippen LogP contribution < -0.4 is 5.32 Å². The number of carbonyl (C=O) groups is 1. The van der Waals surface area contributed by atoms with Gasteiger partial charge < -0.3 is 5.32 Å². The average Bonchev–Trinajstić information content (AvgIpc) is 2.54. The summed E-state index contributed by atoms with van der Waals surface area (Å²) in [7, 11) is 0. The van der Waals surface area contributed by atoms with Crippen LogP contribution in [-0.4, -0.2) is 10.8 Å². The Kier molecular flexibility index (Phi) is 5.02. The fourth-order valence-corrected chi connectivity index (χ4v) is 2.37. The molecule has 24 heavy (non-hydrogen) atoms. The van der Waals surface area contributed by atoms with Gasteiger partial charge in [0.15, 0.2) is 0 Å². The van der Waals surface area contributed by atoms with Crippen LogP contribution in [0.2, 0.25) is 0 Å². The van der Waals surface area contributed by atoms with Crippen molar-refractivity contribution in [1.29, 1.82) is 0 Å². The van der Waals surface area contributed by atoms with E-state index in [2.05, 4.69) is 38.2 Å². The molecule has 0 saturated carbocycles. The molecule has 5 heteroatoms. The lowest BCUT2D eigenvalue weighted by Gasteiger charge is -2.20. The zero-order valence-corrected chi connectivity index (χ0v) is 14.4. The van der Waals surface area contributed by atoms with Gasteiger partial charge in [-0.1, -0.05) is 45.0 Å². The molecule has 126 valence electrons. The second-order valence-corrected chi connectivity index (χ2v) is 6.87. The topological polar surface area (TPSA) is 72.2 Å². The second kappa shape index (κ2) is 6.83. The Balaban J connectivity index is 2.07. The number of nitro groups is 1. The Bertz CT molecular complexity index is 729. The molecule has 1 N–H and O–H groups in total. The molecule has 0 aromatic heterocycles. The molecule has 0 heterocycles. The third-order valence-corrected chi connectivity index (χ3v) is 3.96. The summed E-state index contributed by atoms with van der Waals surface area (Å²) in [6.07, 6.45) is 0. The van der Waals surface area contributed by atoms with Crippen molar-refractivity contribution in [1.82, 2.24) is 5.32 Å². The number of non-ortho nitro benzene ring substituents is 1. The largest absolute Gasteiger partial charge is 0.346 e. The van der Waals surface area contributed by atoms with E-state index >= 15 is 0 Å². The van der Waals surface area contributed by atoms with Crippen molar-refractivity contribution in [3.8, 4) is 0 Å². The van der Waals surface area contributed by atoms with Gasteiger partial charge >= 0.3 is 0 Å². The number of hydrogen-bond acceptors (Lipinski definition) is 3. The van der Waals surface area contributed by atoms with E-state index in [1.54, 1.807) is 0 Å². The van der Waals surface area contributed by atoms with E-state index in [1.807, 2.05) is 19.1 Å². The molecule has 0 aliphatic carbocycles. The van der Waals surface area contributed by atoms with Crippen molar-refractivity contribution in [3.63, 3.8) is 0 Å². The number of nitrogens with zero attached hydrogens (tertiary/aromatic N) is 1. The first-order chi connectivity index (χ1) is 11.2. The summed E-state index contributed by atoms with van der Waals surface area (Å²) >= 11 is 0. The first-order valence-corrected chi connectivity index (χ1v) is 7.84. The summed E-state index contributed by atoms with van der Waals surface area (Å²) in [4.78, 5) is 22.4. The zero-order chi connectivity index (χ0) is 17.9. The first-order valence-electron chi connectivity index (χ1n) is 7.84. The van der Waals surface area contributed by atoms with Crippen LogP contribution in [0.3, 0.4) is 0 Å². The van der Waals surface area contributed by atoms with Crippen molar-refractivity contribution in [2.75, 3.05) is 0 Å². The van der Waals surface area contributed by atoms with Crippen LogP contribution in [0.25, 0.3) is 0 Å². The maximum Gasteiger partial charge on any atom is 0.269 e. The molecule has 5 nitrogen and oxygen atoms in total. The zero-order valence-electron chi connectivity index (χ0n) is 14.4. The molecule has 0 aliphatic rings. The number of benzene rings is 2. The van der Waals surface area contributed by atoms with Crippen LogP contribution in [0, 0.1) is 10.1 Å². The molecule has 0 radical (unpaired) electrons. The summed E-state index contributed by atoms with van der Waals surface area (Å²) in [5, 5.41) is 13.6. The smallest absolute Gasteiger partial charge is 0.269 e. The van der Waals surface area contributed by atoms with Crippen LogP contribution in [0.15, 0.2) is 48.5 Å². The van der Waals surface area contributed by atoms with Crippen LogP contribution in [0.1, 0.15) is 55.2 Å². The molecule has 0 unspecified atom stereocenters. The number of rotatable bonds is 4. The van der Waals surface area contributed by atoms with Gasteiger partial charge in [-0.3, -0.25) is 14.9 Å². The van der Waals surface area contributed by atoms with Crippen LogP contribution in [0.4, 0.5) is 5.69 Å². The Hall–Kier alpha value is -2.69. The standard InChI is InChI=1S/C19H22N2O3/c1-13(14-5-9-16(10-6-14)19(2,3)4)20-18(22)15-7-11-17(12-8-15)21(23)24/h5-13H,1-4H3,(H,20,22)/t13-/m0/s1. The molecular weight excluding hydrogens is 304 g/mol. The second-order valence-electron chi connectivity index (χ2n) is 6.87. The fraction of sp³-hybridized carbons (Fsp3) is 0.316. The van der Waals surface area contributed by atoms with E-state index < -0.39 is 4.92 Å². The van der Waals surface area contributed by atoms with Gasteiger partial charge in [0.05, 0.1) is 11.0 Å². The van der Waals surface area contributed by atoms with Gasteiger partial charge in [0.1, 0.15) is 0 Å². The monoisotopic (exact) mass is 326 g/mol. The summed E-state index contributed by atoms with van der Waals surface area (Å²) in [6, 6.07) is 13.6. The van der Waals surface area contributed by atoms with E-state index in [1.165, 1.54) is 29.8 Å². The number of carbonyl (C=O) groups excluding carboxylic acids is 1. The van der Waals surface area contributed by atoms with E-state index in [0.717, 1.165) is 5.56 Å². The molecule has 0 saturated heterocycles. The molecule has 0 bridgehead atoms. The van der Waals surface area contributed by atoms with Crippen molar-refractivity contribution in [2.24, 2.45) is 0 Å². The first kappa shape index (κ1) is 17.7. The lowest BCUT2D eigenvalue weighted by atomic mass is 9.86. The summed E-state index contributed by atoms with van der Waals surface area (Å²) in [5.41, 5.74) is 2.71. The van der Waals surface area contributed by atoms with Crippen LogP contribution >= 0.6 is 0 Å². The lowest BCUT2D eigenvalue weighted by Crippen LogP contribution is -2.26. The molecule has 2 rings (SSSR count). The van der Waals surface area contributed by atoms with Crippen molar-refractivity contribution in [3.05, 3.63) is 75.3 Å². The SMILES string of the molecule is C[C@H](NC(=O)c1ccc([N+](=O)[O-])cc1)c1ccc(C(C)(C)C)cc1. The predicted molar refractivity (Wildman–Crippen MR) is 94.1 cm³/mol. The molecular formula is C19H22N2O3. The fourth-order valence-electron chi connectivity index (χ4n) is 2.37. The maximum absolute atomic E-state index is 12.3. The number of amides is 1. The summed E-state index contributed by atoms with van der Waals surface area (Å²) in [6.45, 7) is 8.38. The van der Waals surface area contributed by atoms with Gasteiger partial charge in [-0.2, -0.15) is 0 Å². The van der Waals surface area contributed by atoms with Crippen molar-refractivity contribution in [2.45, 2.75) is 39.2 Å². The van der Waals surface area contributed by atoms with Crippen molar-refractivity contribution < 1.29 is 9.72 Å². The van der Waals surface area contributed by atoms with Gasteiger partial charge in [-0.25, -0.2) is 0 Å². The number of hydrogen-bond donors (Lipinski definition) is 1. The highest BCUT2D eigenvalue weighted by Crippen LogP contribution is 2.24. The molecule has 1 amide bonds. The molecule has 1 atom stereocenters. The third-order valence-electron chi connectivity index (χ3n) is 3.96. The van der Waals surface area contributed by atoms with E-state index in [0.29, 0.717) is 5.56 Å². The van der Waals surface area contributed by atoms with E-state index in [4.69, 9.17) is 0 Å². The Morgan fingerprint density at radius 1 is 1.04 bits per heavy atom. The highest BCUT2D eigenvalue weighted by molar-refractivity contribution is 5.94. The predicted octanol–water partition coefficient (Wildman–Crippen LogP) is 4.38. The van der Waals surface area contributed by atoms with Crippen LogP contribution in [0.5, 0.6) is 0 Å². The van der Waals surface area contributed by atoms with Gasteiger partial charge in [0.2, 0.25) is 0 Å². The highest BCUT2D eigenvalue weighted by atomic mass is 16.6. The molecule has 0 spiro atoms. The Morgan fingerprint density at radius 2 is 1.58 bits per heavy atom. The molecule has 0 fully saturated rings. The minimum absolute atomic E-state index is 0.0302. The number of nitrogens with one attached hydrogen (secondary N) is 1. The van der Waals surface area contributed by atoms with Gasteiger partial charge in [0.25, 0.3) is 11.6 Å². The quantitative estimate of drug-likeness (QED) is 0.669. The third kappa shape index (κ3) is 4.19. The van der Waals surface area contributed by atoms with Gasteiger partial charge in [0, 0.05) is 17.7 Å². The average molecular weight is 326 g/mol.